The van der Waals surface area contributed by atoms with Crippen molar-refractivity contribution >= 4 is 0 Å². The van der Waals surface area contributed by atoms with Gasteiger partial charge in [0.25, 0.3) is 0 Å². The maximum Gasteiger partial charge on any atom is 0.165 e. The molecule has 33 heavy (non-hydrogen) atoms. The van der Waals surface area contributed by atoms with Crippen LogP contribution in [0.25, 0.3) is 28.3 Å². The van der Waals surface area contributed by atoms with E-state index < -0.39 is 0 Å². The van der Waals surface area contributed by atoms with Crippen LogP contribution in [0.5, 0.6) is 5.75 Å². The summed E-state index contributed by atoms with van der Waals surface area (Å²) in [5.41, 5.74) is 7.27. The SMILES string of the molecule is CC[C@@H](c1ccc(C)cc1)n1cccc2c(-c3ccc(-n4cnc(C)c4)c(OC)c3)nnc1-2. The minimum atomic E-state index is 0.195. The fourth-order valence-electron chi connectivity index (χ4n) is 4.40. The van der Waals surface area contributed by atoms with Gasteiger partial charge in [0.15, 0.2) is 5.82 Å². The van der Waals surface area contributed by atoms with Gasteiger partial charge in [0, 0.05) is 23.5 Å². The number of hydrogen-bond acceptors (Lipinski definition) is 4. The lowest BCUT2D eigenvalue weighted by Crippen LogP contribution is -2.12. The molecule has 0 fully saturated rings. The van der Waals surface area contributed by atoms with Crippen LogP contribution in [0, 0.1) is 13.8 Å². The first-order chi connectivity index (χ1) is 16.1. The number of imidazole rings is 1. The number of benzene rings is 2. The molecule has 166 valence electrons. The van der Waals surface area contributed by atoms with Gasteiger partial charge in [0.2, 0.25) is 0 Å². The number of ether oxygens (including phenoxy) is 1. The van der Waals surface area contributed by atoms with E-state index in [1.54, 1.807) is 13.4 Å². The van der Waals surface area contributed by atoms with Gasteiger partial charge in [-0.25, -0.2) is 4.98 Å². The zero-order valence-corrected chi connectivity index (χ0v) is 19.4. The highest BCUT2D eigenvalue weighted by Crippen LogP contribution is 2.37. The highest BCUT2D eigenvalue weighted by Gasteiger charge is 2.22. The van der Waals surface area contributed by atoms with Crippen LogP contribution < -0.4 is 4.74 Å². The Morgan fingerprint density at radius 2 is 1.82 bits per heavy atom. The summed E-state index contributed by atoms with van der Waals surface area (Å²) in [6, 6.07) is 19.2. The first-order valence-corrected chi connectivity index (χ1v) is 11.2. The predicted octanol–water partition coefficient (Wildman–Crippen LogP) is 5.86. The van der Waals surface area contributed by atoms with E-state index in [4.69, 9.17) is 4.74 Å². The maximum absolute atomic E-state index is 5.70. The molecule has 1 aromatic heterocycles. The third-order valence-corrected chi connectivity index (χ3v) is 6.12. The normalized spacial score (nSPS) is 12.2. The van der Waals surface area contributed by atoms with Crippen molar-refractivity contribution in [3.63, 3.8) is 0 Å². The minimum absolute atomic E-state index is 0.195. The van der Waals surface area contributed by atoms with E-state index >= 15 is 0 Å². The Labute approximate surface area is 193 Å². The van der Waals surface area contributed by atoms with Gasteiger partial charge in [0.1, 0.15) is 11.4 Å². The number of nitrogens with zero attached hydrogens (tertiary/aromatic N) is 5. The lowest BCUT2D eigenvalue weighted by Gasteiger charge is -2.22. The first-order valence-electron chi connectivity index (χ1n) is 11.2. The molecular weight excluding hydrogens is 410 g/mol. The topological polar surface area (TPSA) is 57.8 Å². The van der Waals surface area contributed by atoms with Crippen molar-refractivity contribution in [1.29, 1.82) is 0 Å². The number of aromatic nitrogens is 5. The molecule has 6 nitrogen and oxygen atoms in total. The highest BCUT2D eigenvalue weighted by molar-refractivity contribution is 5.80. The van der Waals surface area contributed by atoms with Crippen LogP contribution in [0.4, 0.5) is 0 Å². The molecule has 0 unspecified atom stereocenters. The summed E-state index contributed by atoms with van der Waals surface area (Å²) in [5.74, 6) is 1.64. The number of aryl methyl sites for hydroxylation is 2. The second kappa shape index (κ2) is 8.54. The van der Waals surface area contributed by atoms with E-state index in [2.05, 4.69) is 82.3 Å². The number of pyridine rings is 1. The van der Waals surface area contributed by atoms with E-state index in [0.717, 1.165) is 46.2 Å². The quantitative estimate of drug-likeness (QED) is 0.334. The van der Waals surface area contributed by atoms with Crippen molar-refractivity contribution in [2.75, 3.05) is 7.11 Å². The van der Waals surface area contributed by atoms with Crippen LogP contribution in [0.2, 0.25) is 0 Å². The molecule has 0 saturated heterocycles. The standard InChI is InChI=1S/C27H27N5O/c1-5-23(20-10-8-18(2)9-11-20)32-14-6-7-22-26(29-30-27(22)32)21-12-13-24(25(15-21)33-4)31-16-19(3)28-17-31/h6-17,23H,5H2,1-4H3/t23-/m0/s1. The third kappa shape index (κ3) is 3.78. The molecule has 0 radical (unpaired) electrons. The fourth-order valence-corrected chi connectivity index (χ4v) is 4.40. The van der Waals surface area contributed by atoms with Crippen LogP contribution in [-0.4, -0.2) is 31.4 Å². The molecule has 0 N–H and O–H groups in total. The van der Waals surface area contributed by atoms with E-state index in [1.165, 1.54) is 11.1 Å². The lowest BCUT2D eigenvalue weighted by atomic mass is 10.0. The van der Waals surface area contributed by atoms with Crippen molar-refractivity contribution in [2.24, 2.45) is 0 Å². The summed E-state index contributed by atoms with van der Waals surface area (Å²) in [5, 5.41) is 9.19. The molecule has 6 heteroatoms. The van der Waals surface area contributed by atoms with Crippen molar-refractivity contribution in [2.45, 2.75) is 33.2 Å². The molecule has 0 spiro atoms. The molecule has 5 rings (SSSR count). The molecular formula is C27H27N5O. The second-order valence-corrected chi connectivity index (χ2v) is 8.35. The first kappa shape index (κ1) is 20.9. The predicted molar refractivity (Wildman–Crippen MR) is 130 cm³/mol. The van der Waals surface area contributed by atoms with Crippen LogP contribution in [0.1, 0.15) is 36.2 Å². The second-order valence-electron chi connectivity index (χ2n) is 8.35. The zero-order chi connectivity index (χ0) is 22.9. The molecule has 3 heterocycles. The zero-order valence-electron chi connectivity index (χ0n) is 19.4. The van der Waals surface area contributed by atoms with E-state index in [9.17, 15) is 0 Å². The number of methoxy groups -OCH3 is 1. The summed E-state index contributed by atoms with van der Waals surface area (Å²) in [6.07, 6.45) is 6.83. The molecule has 3 aromatic rings. The van der Waals surface area contributed by atoms with Crippen molar-refractivity contribution in [3.05, 3.63) is 90.1 Å². The minimum Gasteiger partial charge on any atom is -0.495 e. The molecule has 2 aliphatic heterocycles. The number of hydrogen-bond donors (Lipinski definition) is 0. The summed E-state index contributed by atoms with van der Waals surface area (Å²) in [7, 11) is 1.68. The summed E-state index contributed by atoms with van der Waals surface area (Å²) < 4.78 is 9.90. The summed E-state index contributed by atoms with van der Waals surface area (Å²) in [4.78, 5) is 4.33. The van der Waals surface area contributed by atoms with Gasteiger partial charge < -0.3 is 13.9 Å². The molecule has 0 saturated carbocycles. The van der Waals surface area contributed by atoms with Crippen molar-refractivity contribution in [1.82, 2.24) is 24.3 Å². The average Bonchev–Trinajstić information content (AvgIpc) is 3.47. The Hall–Kier alpha value is -3.93. The average molecular weight is 438 g/mol. The van der Waals surface area contributed by atoms with Gasteiger partial charge in [0.05, 0.1) is 30.9 Å². The van der Waals surface area contributed by atoms with Gasteiger partial charge in [-0.05, 0) is 50.1 Å². The molecule has 0 aliphatic carbocycles. The number of rotatable bonds is 6. The summed E-state index contributed by atoms with van der Waals surface area (Å²) >= 11 is 0. The Morgan fingerprint density at radius 1 is 1.00 bits per heavy atom. The van der Waals surface area contributed by atoms with Gasteiger partial charge in [-0.1, -0.05) is 42.8 Å². The fraction of sp³-hybridized carbons (Fsp3) is 0.222. The Bertz CT molecular complexity index is 1370. The van der Waals surface area contributed by atoms with Crippen LogP contribution >= 0.6 is 0 Å². The maximum atomic E-state index is 5.70. The van der Waals surface area contributed by atoms with Gasteiger partial charge in [-0.2, -0.15) is 0 Å². The summed E-state index contributed by atoms with van der Waals surface area (Å²) in [6.45, 7) is 6.29. The lowest BCUT2D eigenvalue weighted by molar-refractivity contribution is 0.413. The smallest absolute Gasteiger partial charge is 0.165 e. The molecule has 0 bridgehead atoms. The monoisotopic (exact) mass is 437 g/mol. The molecule has 1 atom stereocenters. The van der Waals surface area contributed by atoms with E-state index in [1.807, 2.05) is 29.8 Å². The molecule has 0 amide bonds. The van der Waals surface area contributed by atoms with E-state index in [0.29, 0.717) is 0 Å². The highest BCUT2D eigenvalue weighted by atomic mass is 16.5. The van der Waals surface area contributed by atoms with Crippen LogP contribution in [-0.2, 0) is 0 Å². The Kier molecular flexibility index (Phi) is 5.42. The van der Waals surface area contributed by atoms with Gasteiger partial charge >= 0.3 is 0 Å². The third-order valence-electron chi connectivity index (χ3n) is 6.12. The molecule has 2 aromatic carbocycles. The Morgan fingerprint density at radius 3 is 2.52 bits per heavy atom. The number of fused-ring (bicyclic) bond motifs is 1. The van der Waals surface area contributed by atoms with Gasteiger partial charge in [-0.15, -0.1) is 10.2 Å². The van der Waals surface area contributed by atoms with E-state index in [-0.39, 0.29) is 6.04 Å². The van der Waals surface area contributed by atoms with Gasteiger partial charge in [-0.3, -0.25) is 0 Å². The molecule has 2 aliphatic rings. The van der Waals surface area contributed by atoms with Crippen LogP contribution in [0.15, 0.2) is 73.3 Å². The van der Waals surface area contributed by atoms with Crippen molar-refractivity contribution in [3.8, 4) is 34.1 Å². The largest absolute Gasteiger partial charge is 0.495 e. The van der Waals surface area contributed by atoms with Crippen molar-refractivity contribution < 1.29 is 4.74 Å². The Balaban J connectivity index is 1.54. The van der Waals surface area contributed by atoms with Crippen LogP contribution in [0.3, 0.4) is 0 Å².